The molecule has 8 heteroatoms. The highest BCUT2D eigenvalue weighted by Crippen LogP contribution is 2.26. The molecule has 0 aliphatic rings. The molecule has 0 aliphatic heterocycles. The third-order valence-electron chi connectivity index (χ3n) is 5.50. The van der Waals surface area contributed by atoms with E-state index in [4.69, 9.17) is 21.3 Å². The van der Waals surface area contributed by atoms with Gasteiger partial charge in [0.05, 0.1) is 35.8 Å². The predicted octanol–water partition coefficient (Wildman–Crippen LogP) is 4.45. The molecule has 0 radical (unpaired) electrons. The molecule has 2 heterocycles. The minimum atomic E-state index is -0.266. The number of halogens is 1. The Morgan fingerprint density at radius 2 is 1.97 bits per heavy atom. The zero-order chi connectivity index (χ0) is 22.7. The highest BCUT2D eigenvalue weighted by atomic mass is 35.5. The average Bonchev–Trinajstić information content (AvgIpc) is 3.33. The third kappa shape index (κ3) is 4.54. The minimum Gasteiger partial charge on any atom is -0.383 e. The van der Waals surface area contributed by atoms with Gasteiger partial charge in [-0.15, -0.1) is 0 Å². The Bertz CT molecular complexity index is 1230. The number of fused-ring (bicyclic) bond motifs is 1. The van der Waals surface area contributed by atoms with Crippen LogP contribution in [0.4, 0.5) is 0 Å². The maximum absolute atomic E-state index is 13.0. The van der Waals surface area contributed by atoms with Gasteiger partial charge in [0.2, 0.25) is 5.91 Å². The number of rotatable bonds is 8. The van der Waals surface area contributed by atoms with Crippen molar-refractivity contribution >= 4 is 28.5 Å². The average molecular weight is 452 g/mol. The number of amides is 1. The van der Waals surface area contributed by atoms with E-state index in [1.807, 2.05) is 62.4 Å². The topological polar surface area (TPSA) is 84.8 Å². The van der Waals surface area contributed by atoms with E-state index in [0.717, 1.165) is 39.4 Å². The lowest BCUT2D eigenvalue weighted by Crippen LogP contribution is -2.30. The Balaban J connectivity index is 1.54. The quantitative estimate of drug-likeness (QED) is 0.414. The molecule has 2 aromatic carbocycles. The van der Waals surface area contributed by atoms with Gasteiger partial charge in [-0.2, -0.15) is 5.10 Å². The molecule has 2 N–H and O–H groups in total. The Kier molecular flexibility index (Phi) is 6.58. The monoisotopic (exact) mass is 451 g/mol. The Labute approximate surface area is 191 Å². The lowest BCUT2D eigenvalue weighted by Gasteiger charge is -2.16. The maximum Gasteiger partial charge on any atom is 0.225 e. The van der Waals surface area contributed by atoms with Gasteiger partial charge in [-0.1, -0.05) is 35.9 Å². The van der Waals surface area contributed by atoms with E-state index in [1.165, 1.54) is 0 Å². The summed E-state index contributed by atoms with van der Waals surface area (Å²) in [4.78, 5) is 17.8. The van der Waals surface area contributed by atoms with Gasteiger partial charge in [-0.25, -0.2) is 4.98 Å². The van der Waals surface area contributed by atoms with E-state index in [-0.39, 0.29) is 18.4 Å². The van der Waals surface area contributed by atoms with Crippen LogP contribution in [-0.4, -0.2) is 39.4 Å². The molecule has 0 fully saturated rings. The highest BCUT2D eigenvalue weighted by Gasteiger charge is 2.21. The summed E-state index contributed by atoms with van der Waals surface area (Å²) in [6.07, 6.45) is 0.211. The summed E-state index contributed by atoms with van der Waals surface area (Å²) >= 11 is 6.01. The Morgan fingerprint density at radius 1 is 1.22 bits per heavy atom. The molecule has 7 nitrogen and oxygen atoms in total. The summed E-state index contributed by atoms with van der Waals surface area (Å²) in [5, 5.41) is 11.2. The number of hydrogen-bond donors (Lipinski definition) is 2. The van der Waals surface area contributed by atoms with Gasteiger partial charge < -0.3 is 14.6 Å². The number of aryl methyl sites for hydroxylation is 1. The second-order valence-electron chi connectivity index (χ2n) is 7.75. The number of nitrogens with one attached hydrogen (secondary N) is 2. The van der Waals surface area contributed by atoms with Crippen LogP contribution in [0.15, 0.2) is 48.5 Å². The van der Waals surface area contributed by atoms with Crippen molar-refractivity contribution in [1.29, 1.82) is 0 Å². The number of imidazole rings is 1. The fourth-order valence-electron chi connectivity index (χ4n) is 3.88. The molecule has 0 aliphatic carbocycles. The number of hydrogen-bond acceptors (Lipinski definition) is 4. The number of methoxy groups -OCH3 is 1. The zero-order valence-corrected chi connectivity index (χ0v) is 19.1. The van der Waals surface area contributed by atoms with Gasteiger partial charge in [-0.3, -0.25) is 9.89 Å². The number of carbonyl (C=O) groups excluding carboxylic acids is 1. The Morgan fingerprint density at radius 3 is 2.72 bits per heavy atom. The van der Waals surface area contributed by atoms with Crippen LogP contribution < -0.4 is 5.32 Å². The van der Waals surface area contributed by atoms with Crippen LogP contribution in [0.1, 0.15) is 30.0 Å². The van der Waals surface area contributed by atoms with Crippen molar-refractivity contribution in [2.45, 2.75) is 32.9 Å². The smallest absolute Gasteiger partial charge is 0.225 e. The van der Waals surface area contributed by atoms with E-state index in [1.54, 1.807) is 7.11 Å². The molecule has 1 amide bonds. The first-order chi connectivity index (χ1) is 15.5. The largest absolute Gasteiger partial charge is 0.383 e. The predicted molar refractivity (Wildman–Crippen MR) is 126 cm³/mol. The van der Waals surface area contributed by atoms with E-state index in [9.17, 15) is 4.79 Å². The van der Waals surface area contributed by atoms with Crippen LogP contribution >= 0.6 is 11.6 Å². The van der Waals surface area contributed by atoms with Crippen molar-refractivity contribution in [1.82, 2.24) is 25.1 Å². The van der Waals surface area contributed by atoms with Crippen molar-refractivity contribution in [3.63, 3.8) is 0 Å². The SMILES string of the molecule is COCCn1c([C@@H](C)NC(=O)Cc2c(-c3ccc(Cl)cc3)n[nH]c2C)nc2ccccc21. The van der Waals surface area contributed by atoms with Crippen molar-refractivity contribution < 1.29 is 9.53 Å². The molecule has 1 atom stereocenters. The second kappa shape index (κ2) is 9.54. The lowest BCUT2D eigenvalue weighted by molar-refractivity contribution is -0.121. The second-order valence-corrected chi connectivity index (χ2v) is 8.19. The van der Waals surface area contributed by atoms with Crippen LogP contribution in [0, 0.1) is 6.92 Å². The molecular formula is C24H26ClN5O2. The number of nitrogens with zero attached hydrogens (tertiary/aromatic N) is 3. The summed E-state index contributed by atoms with van der Waals surface area (Å²) in [7, 11) is 1.68. The van der Waals surface area contributed by atoms with Gasteiger partial charge in [0, 0.05) is 35.5 Å². The van der Waals surface area contributed by atoms with E-state index in [0.29, 0.717) is 18.2 Å². The fourth-order valence-corrected chi connectivity index (χ4v) is 4.00. The number of aromatic amines is 1. The van der Waals surface area contributed by atoms with Gasteiger partial charge >= 0.3 is 0 Å². The van der Waals surface area contributed by atoms with E-state index < -0.39 is 0 Å². The molecule has 0 bridgehead atoms. The first-order valence-corrected chi connectivity index (χ1v) is 10.9. The van der Waals surface area contributed by atoms with Gasteiger partial charge in [0.25, 0.3) is 0 Å². The van der Waals surface area contributed by atoms with Crippen LogP contribution in [0.2, 0.25) is 5.02 Å². The number of ether oxygens (including phenoxy) is 1. The standard InChI is InChI=1S/C24H26ClN5O2/c1-15-19(23(29-28-15)17-8-10-18(25)11-9-17)14-22(31)26-16(2)24-27-20-6-4-5-7-21(20)30(24)12-13-32-3/h4-11,16H,12-14H2,1-3H3,(H,26,31)(H,28,29)/t16-/m1/s1. The van der Waals surface area contributed by atoms with Crippen molar-refractivity contribution in [3.8, 4) is 11.3 Å². The van der Waals surface area contributed by atoms with E-state index >= 15 is 0 Å². The molecule has 4 aromatic rings. The molecule has 166 valence electrons. The molecule has 4 rings (SSSR count). The number of H-pyrrole nitrogens is 1. The molecule has 2 aromatic heterocycles. The zero-order valence-electron chi connectivity index (χ0n) is 18.4. The summed E-state index contributed by atoms with van der Waals surface area (Å²) in [5.74, 6) is 0.709. The summed E-state index contributed by atoms with van der Waals surface area (Å²) in [5.41, 5.74) is 5.33. The van der Waals surface area contributed by atoms with Gasteiger partial charge in [-0.05, 0) is 38.1 Å². The molecule has 0 saturated carbocycles. The van der Waals surface area contributed by atoms with Crippen molar-refractivity contribution in [2.24, 2.45) is 0 Å². The lowest BCUT2D eigenvalue weighted by atomic mass is 10.0. The minimum absolute atomic E-state index is 0.0949. The molecule has 32 heavy (non-hydrogen) atoms. The molecule has 0 spiro atoms. The van der Waals surface area contributed by atoms with Crippen LogP contribution in [0.25, 0.3) is 22.3 Å². The molecule has 0 saturated heterocycles. The van der Waals surface area contributed by atoms with Crippen molar-refractivity contribution in [3.05, 3.63) is 70.6 Å². The normalized spacial score (nSPS) is 12.2. The molecular weight excluding hydrogens is 426 g/mol. The van der Waals surface area contributed by atoms with Crippen LogP contribution in [0.3, 0.4) is 0 Å². The van der Waals surface area contributed by atoms with Gasteiger partial charge in [0.1, 0.15) is 5.82 Å². The first-order valence-electron chi connectivity index (χ1n) is 10.5. The summed E-state index contributed by atoms with van der Waals surface area (Å²) in [6.45, 7) is 5.09. The number of benzene rings is 2. The Hall–Kier alpha value is -3.16. The number of aromatic nitrogens is 4. The summed E-state index contributed by atoms with van der Waals surface area (Å²) in [6, 6.07) is 15.1. The van der Waals surface area contributed by atoms with Crippen LogP contribution in [-0.2, 0) is 22.5 Å². The highest BCUT2D eigenvalue weighted by molar-refractivity contribution is 6.30. The van der Waals surface area contributed by atoms with Crippen molar-refractivity contribution in [2.75, 3.05) is 13.7 Å². The third-order valence-corrected chi connectivity index (χ3v) is 5.75. The van der Waals surface area contributed by atoms with Crippen LogP contribution in [0.5, 0.6) is 0 Å². The van der Waals surface area contributed by atoms with E-state index in [2.05, 4.69) is 20.1 Å². The van der Waals surface area contributed by atoms with Gasteiger partial charge in [0.15, 0.2) is 0 Å². The summed E-state index contributed by atoms with van der Waals surface area (Å²) < 4.78 is 7.37. The maximum atomic E-state index is 13.0. The first kappa shape index (κ1) is 22.0. The number of carbonyl (C=O) groups is 1. The number of para-hydroxylation sites is 2. The molecule has 0 unspecified atom stereocenters. The fraction of sp³-hybridized carbons (Fsp3) is 0.292.